The highest BCUT2D eigenvalue weighted by Gasteiger charge is 2.17. The molecule has 2 aromatic heterocycles. The maximum atomic E-state index is 5.10. The molecule has 6 heteroatoms. The molecule has 3 rings (SSSR count). The second-order valence-corrected chi connectivity index (χ2v) is 4.33. The molecule has 0 bridgehead atoms. The number of nitrogens with zero attached hydrogens (tertiary/aromatic N) is 4. The van der Waals surface area contributed by atoms with Gasteiger partial charge in [0.2, 0.25) is 0 Å². The normalized spacial score (nSPS) is 20.6. The fraction of sp³-hybridized carbons (Fsp3) is 0.545. The number of rotatable bonds is 2. The van der Waals surface area contributed by atoms with Crippen LogP contribution in [0, 0.1) is 6.92 Å². The second kappa shape index (κ2) is 4.29. The smallest absolute Gasteiger partial charge is 0.278 e. The van der Waals surface area contributed by atoms with E-state index in [9.17, 15) is 0 Å². The van der Waals surface area contributed by atoms with E-state index in [-0.39, 0.29) is 0 Å². The molecule has 0 aliphatic carbocycles. The summed E-state index contributed by atoms with van der Waals surface area (Å²) in [7, 11) is 0. The van der Waals surface area contributed by atoms with Gasteiger partial charge < -0.3 is 9.84 Å². The van der Waals surface area contributed by atoms with Crippen molar-refractivity contribution in [1.29, 1.82) is 0 Å². The summed E-state index contributed by atoms with van der Waals surface area (Å²) < 4.78 is 7.09. The second-order valence-electron chi connectivity index (χ2n) is 4.33. The molecule has 1 unspecified atom stereocenters. The molecule has 0 aromatic carbocycles. The number of aryl methyl sites for hydroxylation is 1. The first-order valence-electron chi connectivity index (χ1n) is 5.89. The summed E-state index contributed by atoms with van der Waals surface area (Å²) in [4.78, 5) is 4.17. The predicted molar refractivity (Wildman–Crippen MR) is 61.4 cm³/mol. The zero-order chi connectivity index (χ0) is 11.7. The first-order chi connectivity index (χ1) is 8.33. The molecule has 0 amide bonds. The van der Waals surface area contributed by atoms with Crippen LogP contribution in [0.5, 0.6) is 0 Å². The van der Waals surface area contributed by atoms with Crippen LogP contribution in [0.25, 0.3) is 11.6 Å². The van der Waals surface area contributed by atoms with Crippen molar-refractivity contribution in [3.05, 3.63) is 18.1 Å². The highest BCUT2D eigenvalue weighted by atomic mass is 16.5. The Kier molecular flexibility index (Phi) is 2.64. The van der Waals surface area contributed by atoms with Crippen molar-refractivity contribution >= 4 is 0 Å². The Morgan fingerprint density at radius 2 is 2.47 bits per heavy atom. The molecule has 1 aliphatic rings. The summed E-state index contributed by atoms with van der Waals surface area (Å²) in [6.07, 6.45) is 4.34. The number of aromatic nitrogens is 4. The maximum Gasteiger partial charge on any atom is 0.278 e. The lowest BCUT2D eigenvalue weighted by Gasteiger charge is -2.22. The van der Waals surface area contributed by atoms with Crippen molar-refractivity contribution in [3.63, 3.8) is 0 Å². The molecule has 6 nitrogen and oxygen atoms in total. The molecule has 1 N–H and O–H groups in total. The van der Waals surface area contributed by atoms with Gasteiger partial charge in [0.15, 0.2) is 11.5 Å². The predicted octanol–water partition coefficient (Wildman–Crippen LogP) is 1.17. The van der Waals surface area contributed by atoms with Gasteiger partial charge in [0, 0.05) is 12.7 Å². The molecule has 1 fully saturated rings. The van der Waals surface area contributed by atoms with E-state index in [1.165, 1.54) is 6.42 Å². The summed E-state index contributed by atoms with van der Waals surface area (Å²) in [5, 5.41) is 11.6. The maximum absolute atomic E-state index is 5.10. The number of hydrogen-bond acceptors (Lipinski definition) is 5. The van der Waals surface area contributed by atoms with Crippen LogP contribution >= 0.6 is 0 Å². The molecule has 1 saturated heterocycles. The molecule has 17 heavy (non-hydrogen) atoms. The van der Waals surface area contributed by atoms with Crippen molar-refractivity contribution in [2.45, 2.75) is 25.8 Å². The van der Waals surface area contributed by atoms with Crippen molar-refractivity contribution in [2.24, 2.45) is 0 Å². The van der Waals surface area contributed by atoms with E-state index in [2.05, 4.69) is 20.6 Å². The van der Waals surface area contributed by atoms with Gasteiger partial charge >= 0.3 is 0 Å². The van der Waals surface area contributed by atoms with E-state index in [4.69, 9.17) is 4.52 Å². The molecule has 0 radical (unpaired) electrons. The van der Waals surface area contributed by atoms with Crippen LogP contribution in [0.15, 0.2) is 16.8 Å². The van der Waals surface area contributed by atoms with Gasteiger partial charge in [0.25, 0.3) is 5.89 Å². The largest absolute Gasteiger partial charge is 0.332 e. The van der Waals surface area contributed by atoms with Crippen LogP contribution in [-0.4, -0.2) is 33.0 Å². The highest BCUT2D eigenvalue weighted by molar-refractivity contribution is 5.44. The zero-order valence-electron chi connectivity index (χ0n) is 9.76. The van der Waals surface area contributed by atoms with E-state index in [1.54, 1.807) is 6.92 Å². The quantitative estimate of drug-likeness (QED) is 0.843. The Hall–Kier alpha value is -1.69. The molecular weight excluding hydrogens is 218 g/mol. The van der Waals surface area contributed by atoms with E-state index in [0.717, 1.165) is 25.2 Å². The van der Waals surface area contributed by atoms with Gasteiger partial charge in [0.1, 0.15) is 0 Å². The Bertz CT molecular complexity index is 497. The molecule has 2 aromatic rings. The van der Waals surface area contributed by atoms with E-state index < -0.39 is 0 Å². The van der Waals surface area contributed by atoms with Crippen molar-refractivity contribution < 1.29 is 4.52 Å². The Morgan fingerprint density at radius 1 is 1.53 bits per heavy atom. The van der Waals surface area contributed by atoms with Gasteiger partial charge in [-0.1, -0.05) is 5.16 Å². The zero-order valence-corrected chi connectivity index (χ0v) is 9.76. The summed E-state index contributed by atoms with van der Waals surface area (Å²) >= 11 is 0. The minimum Gasteiger partial charge on any atom is -0.332 e. The van der Waals surface area contributed by atoms with Gasteiger partial charge in [-0.15, -0.1) is 0 Å². The molecule has 1 atom stereocenters. The van der Waals surface area contributed by atoms with E-state index in [0.29, 0.717) is 17.8 Å². The van der Waals surface area contributed by atoms with Gasteiger partial charge in [-0.25, -0.2) is 0 Å². The van der Waals surface area contributed by atoms with Crippen molar-refractivity contribution in [2.75, 3.05) is 13.1 Å². The number of hydrogen-bond donors (Lipinski definition) is 1. The molecule has 90 valence electrons. The third-order valence-corrected chi connectivity index (χ3v) is 3.00. The fourth-order valence-corrected chi connectivity index (χ4v) is 2.12. The molecule has 1 aliphatic heterocycles. The van der Waals surface area contributed by atoms with Gasteiger partial charge in [0.05, 0.1) is 6.04 Å². The SMILES string of the molecule is Cc1noc(-c2ccn(C3CCCNC3)n2)n1. The highest BCUT2D eigenvalue weighted by Crippen LogP contribution is 2.19. The Morgan fingerprint density at radius 3 is 3.18 bits per heavy atom. The lowest BCUT2D eigenvalue weighted by molar-refractivity contribution is 0.346. The molecule has 0 saturated carbocycles. The van der Waals surface area contributed by atoms with E-state index in [1.807, 2.05) is 16.9 Å². The standard InChI is InChI=1S/C11H15N5O/c1-8-13-11(17-15-8)10-4-6-16(14-10)9-3-2-5-12-7-9/h4,6,9,12H,2-3,5,7H2,1H3. The van der Waals surface area contributed by atoms with Crippen LogP contribution in [0.2, 0.25) is 0 Å². The van der Waals surface area contributed by atoms with Crippen LogP contribution in [0.1, 0.15) is 24.7 Å². The third-order valence-electron chi connectivity index (χ3n) is 3.00. The van der Waals surface area contributed by atoms with Gasteiger partial charge in [-0.3, -0.25) is 4.68 Å². The molecular formula is C11H15N5O. The summed E-state index contributed by atoms with van der Waals surface area (Å²) in [5.41, 5.74) is 0.746. The molecule has 0 spiro atoms. The summed E-state index contributed by atoms with van der Waals surface area (Å²) in [6, 6.07) is 2.35. The fourth-order valence-electron chi connectivity index (χ4n) is 2.12. The van der Waals surface area contributed by atoms with E-state index >= 15 is 0 Å². The first kappa shape index (κ1) is 10.5. The lowest BCUT2D eigenvalue weighted by Crippen LogP contribution is -2.31. The minimum absolute atomic E-state index is 0.432. The van der Waals surface area contributed by atoms with Crippen molar-refractivity contribution in [1.82, 2.24) is 25.2 Å². The summed E-state index contributed by atoms with van der Waals surface area (Å²) in [6.45, 7) is 3.88. The average molecular weight is 233 g/mol. The van der Waals surface area contributed by atoms with Gasteiger partial charge in [-0.2, -0.15) is 10.1 Å². The Balaban J connectivity index is 1.82. The number of piperidine rings is 1. The van der Waals surface area contributed by atoms with Gasteiger partial charge in [-0.05, 0) is 32.4 Å². The summed E-state index contributed by atoms with van der Waals surface area (Å²) in [5.74, 6) is 1.12. The van der Waals surface area contributed by atoms with Crippen LogP contribution in [-0.2, 0) is 0 Å². The van der Waals surface area contributed by atoms with Crippen molar-refractivity contribution in [3.8, 4) is 11.6 Å². The Labute approximate surface area is 99.0 Å². The molecule has 3 heterocycles. The minimum atomic E-state index is 0.432. The lowest BCUT2D eigenvalue weighted by atomic mass is 10.1. The topological polar surface area (TPSA) is 68.8 Å². The average Bonchev–Trinajstić information content (AvgIpc) is 2.98. The first-order valence-corrected chi connectivity index (χ1v) is 5.89. The van der Waals surface area contributed by atoms with Crippen LogP contribution < -0.4 is 5.32 Å². The van der Waals surface area contributed by atoms with Crippen LogP contribution in [0.4, 0.5) is 0 Å². The number of nitrogens with one attached hydrogen (secondary N) is 1. The monoisotopic (exact) mass is 233 g/mol. The van der Waals surface area contributed by atoms with Crippen LogP contribution in [0.3, 0.4) is 0 Å². The third kappa shape index (κ3) is 2.08.